The number of cyclic esters (lactones) is 1. The molecule has 0 bridgehead atoms. The molecule has 1 unspecified atom stereocenters. The van der Waals surface area contributed by atoms with Crippen molar-refractivity contribution < 1.29 is 33.3 Å². The maximum atomic E-state index is 13.6. The van der Waals surface area contributed by atoms with Gasteiger partial charge in [-0.25, -0.2) is 14.6 Å². The number of carbonyl (C=O) groups is 3. The van der Waals surface area contributed by atoms with Gasteiger partial charge in [-0.1, -0.05) is 13.8 Å². The van der Waals surface area contributed by atoms with Crippen LogP contribution in [-0.2, 0) is 33.8 Å². The molecule has 2 aromatic carbocycles. The van der Waals surface area contributed by atoms with Crippen molar-refractivity contribution in [1.82, 2.24) is 14.9 Å². The van der Waals surface area contributed by atoms with Crippen molar-refractivity contribution in [3.8, 4) is 22.9 Å². The molecule has 47 heavy (non-hydrogen) atoms. The smallest absolute Gasteiger partial charge is 0.407 e. The zero-order chi connectivity index (χ0) is 33.5. The van der Waals surface area contributed by atoms with E-state index >= 15 is 0 Å². The fourth-order valence-corrected chi connectivity index (χ4v) is 6.12. The maximum absolute atomic E-state index is 13.6. The van der Waals surface area contributed by atoms with E-state index in [1.54, 1.807) is 55.7 Å². The van der Waals surface area contributed by atoms with Crippen LogP contribution in [0.5, 0.6) is 11.5 Å². The van der Waals surface area contributed by atoms with Crippen LogP contribution in [-0.4, -0.2) is 46.3 Å². The number of nitrogens with one attached hydrogen (secondary N) is 1. The van der Waals surface area contributed by atoms with Gasteiger partial charge in [0.2, 0.25) is 0 Å². The molecule has 1 atom stereocenters. The highest BCUT2D eigenvalue weighted by molar-refractivity contribution is 5.93. The summed E-state index contributed by atoms with van der Waals surface area (Å²) in [5.41, 5.74) is 4.98. The van der Waals surface area contributed by atoms with Gasteiger partial charge in [-0.05, 0) is 93.3 Å². The molecule has 1 N–H and O–H groups in total. The fourth-order valence-electron chi connectivity index (χ4n) is 6.12. The topological polar surface area (TPSA) is 135 Å². The second kappa shape index (κ2) is 12.5. The van der Waals surface area contributed by atoms with E-state index in [1.807, 2.05) is 32.0 Å². The van der Waals surface area contributed by atoms with Crippen molar-refractivity contribution in [3.63, 3.8) is 0 Å². The summed E-state index contributed by atoms with van der Waals surface area (Å²) in [6.07, 6.45) is 0.703. The number of benzene rings is 2. The minimum absolute atomic E-state index is 0.0199. The van der Waals surface area contributed by atoms with E-state index in [0.717, 1.165) is 27.8 Å². The number of aryl methyl sites for hydroxylation is 1. The maximum Gasteiger partial charge on any atom is 0.407 e. The van der Waals surface area contributed by atoms with Crippen molar-refractivity contribution in [2.45, 2.75) is 72.1 Å². The summed E-state index contributed by atoms with van der Waals surface area (Å²) in [4.78, 5) is 55.7. The molecule has 2 aliphatic heterocycles. The normalized spacial score (nSPS) is 14.9. The van der Waals surface area contributed by atoms with Crippen LogP contribution in [0.4, 0.5) is 4.79 Å². The quantitative estimate of drug-likeness (QED) is 0.130. The molecular weight excluding hydrogens is 602 g/mol. The first kappa shape index (κ1) is 31.8. The van der Waals surface area contributed by atoms with Crippen LogP contribution in [0.25, 0.3) is 22.3 Å². The Hall–Kier alpha value is -5.19. The van der Waals surface area contributed by atoms with E-state index in [4.69, 9.17) is 23.9 Å². The van der Waals surface area contributed by atoms with Crippen LogP contribution >= 0.6 is 0 Å². The van der Waals surface area contributed by atoms with Gasteiger partial charge in [-0.2, -0.15) is 0 Å². The van der Waals surface area contributed by atoms with Crippen LogP contribution in [0.1, 0.15) is 79.6 Å². The van der Waals surface area contributed by atoms with Crippen LogP contribution in [0.2, 0.25) is 0 Å². The molecule has 4 heterocycles. The molecule has 0 aliphatic carbocycles. The number of rotatable bonds is 8. The number of fused-ring (bicyclic) bond motifs is 5. The van der Waals surface area contributed by atoms with Gasteiger partial charge in [0.25, 0.3) is 5.56 Å². The second-order valence-electron chi connectivity index (χ2n) is 12.6. The van der Waals surface area contributed by atoms with Gasteiger partial charge >= 0.3 is 18.0 Å². The Morgan fingerprint density at radius 2 is 1.77 bits per heavy atom. The van der Waals surface area contributed by atoms with Crippen LogP contribution in [0.3, 0.4) is 0 Å². The minimum atomic E-state index is -0.578. The Kier molecular flexibility index (Phi) is 8.48. The van der Waals surface area contributed by atoms with Crippen LogP contribution in [0, 0.1) is 0 Å². The Bertz CT molecular complexity index is 1960. The van der Waals surface area contributed by atoms with Gasteiger partial charge < -0.3 is 28.8 Å². The lowest BCUT2D eigenvalue weighted by molar-refractivity contribution is -0.148. The zero-order valence-electron chi connectivity index (χ0n) is 27.1. The molecule has 244 valence electrons. The monoisotopic (exact) mass is 639 g/mol. The largest absolute Gasteiger partial charge is 0.492 e. The molecule has 0 radical (unpaired) electrons. The summed E-state index contributed by atoms with van der Waals surface area (Å²) in [7, 11) is 0. The second-order valence-corrected chi connectivity index (χ2v) is 12.6. The highest BCUT2D eigenvalue weighted by atomic mass is 16.6. The van der Waals surface area contributed by atoms with E-state index in [9.17, 15) is 19.2 Å². The third-order valence-electron chi connectivity index (χ3n) is 8.29. The Morgan fingerprint density at radius 1 is 1.02 bits per heavy atom. The van der Waals surface area contributed by atoms with E-state index in [0.29, 0.717) is 53.2 Å². The van der Waals surface area contributed by atoms with Gasteiger partial charge in [-0.3, -0.25) is 9.59 Å². The molecule has 0 saturated heterocycles. The average molecular weight is 640 g/mol. The first-order chi connectivity index (χ1) is 22.5. The van der Waals surface area contributed by atoms with Crippen molar-refractivity contribution in [2.75, 3.05) is 13.2 Å². The van der Waals surface area contributed by atoms with Gasteiger partial charge in [0, 0.05) is 10.9 Å². The molecule has 0 fully saturated rings. The number of esters is 2. The highest BCUT2D eigenvalue weighted by Gasteiger charge is 2.34. The Labute approximate surface area is 271 Å². The van der Waals surface area contributed by atoms with E-state index < -0.39 is 23.6 Å². The SMILES string of the molecule is CCc1c2c(nc3ccc(OC(=O)c4ccc(OCCNC(=O)OC(C)(C)C)cc4)cc13)-c1cc3c(c(=O)n1C2)COC(=O)C3CC. The molecule has 6 rings (SSSR count). The number of hydrogen-bond donors (Lipinski definition) is 1. The van der Waals surface area contributed by atoms with Crippen LogP contribution < -0.4 is 20.3 Å². The van der Waals surface area contributed by atoms with Crippen molar-refractivity contribution in [3.05, 3.63) is 86.7 Å². The lowest BCUT2D eigenvalue weighted by Crippen LogP contribution is -2.34. The number of nitrogens with zero attached hydrogens (tertiary/aromatic N) is 2. The molecule has 11 nitrogen and oxygen atoms in total. The van der Waals surface area contributed by atoms with Gasteiger partial charge in [0.1, 0.15) is 30.3 Å². The lowest BCUT2D eigenvalue weighted by Gasteiger charge is -2.24. The zero-order valence-corrected chi connectivity index (χ0v) is 27.1. The number of alkyl carbamates (subject to hydrolysis) is 1. The molecule has 2 aliphatic rings. The lowest BCUT2D eigenvalue weighted by atomic mass is 9.90. The minimum Gasteiger partial charge on any atom is -0.492 e. The number of hydrogen-bond acceptors (Lipinski definition) is 9. The van der Waals surface area contributed by atoms with Gasteiger partial charge in [-0.15, -0.1) is 0 Å². The van der Waals surface area contributed by atoms with Crippen LogP contribution in [0.15, 0.2) is 53.3 Å². The number of carbonyl (C=O) groups excluding carboxylic acids is 3. The Balaban J connectivity index is 1.18. The third kappa shape index (κ3) is 6.30. The average Bonchev–Trinajstić information content (AvgIpc) is 3.39. The summed E-state index contributed by atoms with van der Waals surface area (Å²) in [5.74, 6) is -0.393. The molecule has 4 aromatic rings. The van der Waals surface area contributed by atoms with Gasteiger partial charge in [0.05, 0.1) is 47.0 Å². The summed E-state index contributed by atoms with van der Waals surface area (Å²) in [6.45, 7) is 10.2. The van der Waals surface area contributed by atoms with E-state index in [1.165, 1.54) is 0 Å². The number of pyridine rings is 2. The molecule has 2 aromatic heterocycles. The summed E-state index contributed by atoms with van der Waals surface area (Å²) in [5, 5.41) is 3.47. The number of aromatic nitrogens is 2. The fraction of sp³-hybridized carbons (Fsp3) is 0.361. The first-order valence-corrected chi connectivity index (χ1v) is 15.8. The molecule has 1 amide bonds. The standard InChI is InChI=1S/C36H37N3O8/c1-6-23-26-16-22(46-33(41)20-8-10-21(11-9-20)44-15-14-37-35(43)47-36(3,4)5)12-13-29(26)38-31-27(23)18-39-30(31)17-25-24(7-2)34(42)45-19-28(25)32(39)40/h8-13,16-17,24H,6-7,14-15,18-19H2,1-5H3,(H,37,43). The number of ether oxygens (including phenoxy) is 4. The third-order valence-corrected chi connectivity index (χ3v) is 8.29. The summed E-state index contributed by atoms with van der Waals surface area (Å²) in [6, 6.07) is 13.8. The van der Waals surface area contributed by atoms with Crippen molar-refractivity contribution >= 4 is 28.9 Å². The summed E-state index contributed by atoms with van der Waals surface area (Å²) < 4.78 is 23.6. The first-order valence-electron chi connectivity index (χ1n) is 15.8. The molecular formula is C36H37N3O8. The summed E-state index contributed by atoms with van der Waals surface area (Å²) >= 11 is 0. The predicted octanol–water partition coefficient (Wildman–Crippen LogP) is 5.66. The van der Waals surface area contributed by atoms with E-state index in [-0.39, 0.29) is 31.3 Å². The molecule has 0 saturated carbocycles. The van der Waals surface area contributed by atoms with Crippen molar-refractivity contribution in [2.24, 2.45) is 0 Å². The molecule has 0 spiro atoms. The number of amides is 1. The Morgan fingerprint density at radius 3 is 2.47 bits per heavy atom. The predicted molar refractivity (Wildman–Crippen MR) is 174 cm³/mol. The van der Waals surface area contributed by atoms with Gasteiger partial charge in [0.15, 0.2) is 0 Å². The van der Waals surface area contributed by atoms with E-state index in [2.05, 4.69) is 5.32 Å². The molecule has 11 heteroatoms. The van der Waals surface area contributed by atoms with Crippen molar-refractivity contribution in [1.29, 1.82) is 0 Å². The highest BCUT2D eigenvalue weighted by Crippen LogP contribution is 2.39.